The Morgan fingerprint density at radius 1 is 1.15 bits per heavy atom. The summed E-state index contributed by atoms with van der Waals surface area (Å²) in [7, 11) is -2.48. The fourth-order valence-electron chi connectivity index (χ4n) is 3.02. The normalized spacial score (nSPS) is 14.9. The highest BCUT2D eigenvalue weighted by Crippen LogP contribution is 2.27. The van der Waals surface area contributed by atoms with Crippen molar-refractivity contribution in [2.75, 3.05) is 25.5 Å². The topological polar surface area (TPSA) is 75.7 Å². The molecule has 0 bridgehead atoms. The molecule has 27 heavy (non-hydrogen) atoms. The lowest BCUT2D eigenvalue weighted by molar-refractivity contribution is 0.102. The van der Waals surface area contributed by atoms with Crippen molar-refractivity contribution in [1.82, 2.24) is 4.31 Å². The number of nitrogens with zero attached hydrogens (tertiary/aromatic N) is 1. The average molecular weight is 392 g/mol. The van der Waals surface area contributed by atoms with Gasteiger partial charge in [-0.15, -0.1) is 0 Å². The highest BCUT2D eigenvalue weighted by Gasteiger charge is 2.30. The molecule has 6 nitrogen and oxygen atoms in total. The number of sulfonamides is 1. The van der Waals surface area contributed by atoms with E-state index in [2.05, 4.69) is 5.32 Å². The highest BCUT2D eigenvalue weighted by atomic mass is 32.2. The van der Waals surface area contributed by atoms with Crippen molar-refractivity contribution in [2.24, 2.45) is 0 Å². The van der Waals surface area contributed by atoms with Crippen molar-refractivity contribution in [1.29, 1.82) is 0 Å². The molecule has 0 unspecified atom stereocenters. The van der Waals surface area contributed by atoms with Gasteiger partial charge in [0.2, 0.25) is 10.0 Å². The van der Waals surface area contributed by atoms with Gasteiger partial charge in [-0.1, -0.05) is 6.07 Å². The zero-order valence-corrected chi connectivity index (χ0v) is 16.0. The third-order valence-electron chi connectivity index (χ3n) is 4.48. The summed E-state index contributed by atoms with van der Waals surface area (Å²) in [6, 6.07) is 8.65. The van der Waals surface area contributed by atoms with E-state index in [0.29, 0.717) is 24.5 Å². The Kier molecular flexibility index (Phi) is 5.48. The summed E-state index contributed by atoms with van der Waals surface area (Å²) in [5, 5.41) is 2.69. The van der Waals surface area contributed by atoms with Crippen LogP contribution in [0.1, 0.15) is 28.8 Å². The molecule has 0 spiro atoms. The van der Waals surface area contributed by atoms with Crippen LogP contribution < -0.4 is 10.1 Å². The molecule has 0 atom stereocenters. The zero-order valence-electron chi connectivity index (χ0n) is 15.2. The Labute approximate surface area is 158 Å². The van der Waals surface area contributed by atoms with Gasteiger partial charge in [-0.05, 0) is 55.7 Å². The SMILES string of the molecule is COc1ccc(C)cc1NC(=O)c1ccc(F)c(S(=O)(=O)N2CCCC2)c1. The molecule has 1 heterocycles. The molecule has 0 radical (unpaired) electrons. The van der Waals surface area contributed by atoms with E-state index in [4.69, 9.17) is 4.74 Å². The molecular weight excluding hydrogens is 371 g/mol. The first kappa shape index (κ1) is 19.3. The number of anilines is 1. The Hall–Kier alpha value is -2.45. The van der Waals surface area contributed by atoms with Crippen LogP contribution in [-0.4, -0.2) is 38.8 Å². The number of aryl methyl sites for hydroxylation is 1. The summed E-state index contributed by atoms with van der Waals surface area (Å²) in [5.41, 5.74) is 1.43. The fraction of sp³-hybridized carbons (Fsp3) is 0.316. The number of amides is 1. The number of hydrogen-bond acceptors (Lipinski definition) is 4. The van der Waals surface area contributed by atoms with Crippen molar-refractivity contribution >= 4 is 21.6 Å². The van der Waals surface area contributed by atoms with Gasteiger partial charge in [0.05, 0.1) is 12.8 Å². The van der Waals surface area contributed by atoms with E-state index in [1.807, 2.05) is 13.0 Å². The molecule has 1 fully saturated rings. The number of ether oxygens (including phenoxy) is 1. The minimum absolute atomic E-state index is 0.0535. The van der Waals surface area contributed by atoms with Crippen molar-refractivity contribution in [3.63, 3.8) is 0 Å². The lowest BCUT2D eigenvalue weighted by atomic mass is 10.1. The number of halogens is 1. The first-order valence-corrected chi connectivity index (χ1v) is 10.0. The third kappa shape index (κ3) is 3.96. The van der Waals surface area contributed by atoms with Crippen LogP contribution in [0.5, 0.6) is 5.75 Å². The quantitative estimate of drug-likeness (QED) is 0.848. The second-order valence-corrected chi connectivity index (χ2v) is 8.32. The summed E-state index contributed by atoms with van der Waals surface area (Å²) in [4.78, 5) is 12.1. The van der Waals surface area contributed by atoms with Gasteiger partial charge in [0.1, 0.15) is 16.5 Å². The Morgan fingerprint density at radius 3 is 2.52 bits per heavy atom. The van der Waals surface area contributed by atoms with E-state index >= 15 is 0 Å². The third-order valence-corrected chi connectivity index (χ3v) is 6.39. The molecule has 0 aliphatic carbocycles. The van der Waals surface area contributed by atoms with Gasteiger partial charge in [0.25, 0.3) is 5.91 Å². The largest absolute Gasteiger partial charge is 0.495 e. The monoisotopic (exact) mass is 392 g/mol. The minimum Gasteiger partial charge on any atom is -0.495 e. The van der Waals surface area contributed by atoms with Gasteiger partial charge < -0.3 is 10.1 Å². The predicted molar refractivity (Wildman–Crippen MR) is 100 cm³/mol. The lowest BCUT2D eigenvalue weighted by Gasteiger charge is -2.17. The van der Waals surface area contributed by atoms with Gasteiger partial charge in [-0.3, -0.25) is 4.79 Å². The second-order valence-electron chi connectivity index (χ2n) is 6.41. The number of nitrogens with one attached hydrogen (secondary N) is 1. The van der Waals surface area contributed by atoms with E-state index in [9.17, 15) is 17.6 Å². The fourth-order valence-corrected chi connectivity index (χ4v) is 4.63. The molecule has 1 amide bonds. The summed E-state index contributed by atoms with van der Waals surface area (Å²) in [6.45, 7) is 2.59. The predicted octanol–water partition coefficient (Wildman–Crippen LogP) is 3.18. The molecule has 144 valence electrons. The molecule has 1 aliphatic heterocycles. The summed E-state index contributed by atoms with van der Waals surface area (Å²) >= 11 is 0. The molecule has 8 heteroatoms. The van der Waals surface area contributed by atoms with E-state index in [1.54, 1.807) is 12.1 Å². The summed E-state index contributed by atoms with van der Waals surface area (Å²) < 4.78 is 46.0. The van der Waals surface area contributed by atoms with Gasteiger partial charge in [-0.25, -0.2) is 12.8 Å². The molecule has 2 aromatic rings. The van der Waals surface area contributed by atoms with E-state index < -0.39 is 26.6 Å². The van der Waals surface area contributed by atoms with E-state index in [1.165, 1.54) is 17.5 Å². The van der Waals surface area contributed by atoms with Crippen LogP contribution in [0.25, 0.3) is 0 Å². The maximum atomic E-state index is 14.2. The van der Waals surface area contributed by atoms with Crippen molar-refractivity contribution in [3.8, 4) is 5.75 Å². The lowest BCUT2D eigenvalue weighted by Crippen LogP contribution is -2.29. The van der Waals surface area contributed by atoms with Crippen molar-refractivity contribution in [2.45, 2.75) is 24.7 Å². The number of carbonyl (C=O) groups is 1. The van der Waals surface area contributed by atoms with Crippen LogP contribution in [0.2, 0.25) is 0 Å². The van der Waals surface area contributed by atoms with Crippen LogP contribution in [0.15, 0.2) is 41.3 Å². The van der Waals surface area contributed by atoms with Crippen LogP contribution >= 0.6 is 0 Å². The molecular formula is C19H21FN2O4S. The maximum Gasteiger partial charge on any atom is 0.255 e. The van der Waals surface area contributed by atoms with Crippen LogP contribution in [0.3, 0.4) is 0 Å². The Morgan fingerprint density at radius 2 is 1.85 bits per heavy atom. The zero-order chi connectivity index (χ0) is 19.6. The highest BCUT2D eigenvalue weighted by molar-refractivity contribution is 7.89. The number of benzene rings is 2. The smallest absolute Gasteiger partial charge is 0.255 e. The minimum atomic E-state index is -3.96. The number of carbonyl (C=O) groups excluding carboxylic acids is 1. The molecule has 3 rings (SSSR count). The summed E-state index contributed by atoms with van der Waals surface area (Å²) in [6.07, 6.45) is 1.49. The van der Waals surface area contributed by atoms with Crippen molar-refractivity contribution in [3.05, 3.63) is 53.3 Å². The van der Waals surface area contributed by atoms with E-state index in [0.717, 1.165) is 30.5 Å². The second kappa shape index (κ2) is 7.66. The first-order valence-electron chi connectivity index (χ1n) is 8.58. The van der Waals surface area contributed by atoms with Crippen LogP contribution in [0.4, 0.5) is 10.1 Å². The molecule has 0 aromatic heterocycles. The Bertz CT molecular complexity index is 970. The number of methoxy groups -OCH3 is 1. The van der Waals surface area contributed by atoms with Gasteiger partial charge in [0.15, 0.2) is 0 Å². The molecule has 1 aliphatic rings. The summed E-state index contributed by atoms with van der Waals surface area (Å²) in [5.74, 6) is -0.940. The number of rotatable bonds is 5. The van der Waals surface area contributed by atoms with Gasteiger partial charge in [0, 0.05) is 18.7 Å². The molecule has 2 aromatic carbocycles. The molecule has 1 saturated heterocycles. The Balaban J connectivity index is 1.92. The van der Waals surface area contributed by atoms with Crippen LogP contribution in [-0.2, 0) is 10.0 Å². The molecule has 0 saturated carbocycles. The van der Waals surface area contributed by atoms with Crippen molar-refractivity contribution < 1.29 is 22.3 Å². The average Bonchev–Trinajstić information content (AvgIpc) is 3.17. The van der Waals surface area contributed by atoms with Gasteiger partial charge >= 0.3 is 0 Å². The maximum absolute atomic E-state index is 14.2. The first-order chi connectivity index (χ1) is 12.8. The number of hydrogen-bond donors (Lipinski definition) is 1. The standard InChI is InChI=1S/C19H21FN2O4S/c1-13-5-8-17(26-2)16(11-13)21-19(23)14-6-7-15(20)18(12-14)27(24,25)22-9-3-4-10-22/h5-8,11-12H,3-4,9-10H2,1-2H3,(H,21,23). The van der Waals surface area contributed by atoms with Crippen LogP contribution in [0, 0.1) is 12.7 Å². The molecule has 1 N–H and O–H groups in total. The van der Waals surface area contributed by atoms with E-state index in [-0.39, 0.29) is 5.56 Å². The van der Waals surface area contributed by atoms with Gasteiger partial charge in [-0.2, -0.15) is 4.31 Å².